The number of carbonyl (C=O) groups is 2. The predicted octanol–water partition coefficient (Wildman–Crippen LogP) is 1.94. The van der Waals surface area contributed by atoms with Crippen LogP contribution in [0.1, 0.15) is 12.5 Å². The summed E-state index contributed by atoms with van der Waals surface area (Å²) in [5.41, 5.74) is 6.02. The Kier molecular flexibility index (Phi) is 6.90. The highest BCUT2D eigenvalue weighted by Crippen LogP contribution is 2.05. The molecule has 0 unspecified atom stereocenters. The number of esters is 1. The molecule has 6 nitrogen and oxygen atoms in total. The Balaban J connectivity index is 2.64. The average molecular weight is 305 g/mol. The van der Waals surface area contributed by atoms with Crippen molar-refractivity contribution in [2.24, 2.45) is 16.0 Å². The van der Waals surface area contributed by atoms with Crippen LogP contribution >= 0.6 is 12.2 Å². The van der Waals surface area contributed by atoms with E-state index in [0.29, 0.717) is 0 Å². The average Bonchev–Trinajstić information content (AvgIpc) is 2.47. The van der Waals surface area contributed by atoms with Crippen molar-refractivity contribution in [1.29, 1.82) is 0 Å². The number of thiocarbonyl (C=S) groups is 1. The van der Waals surface area contributed by atoms with Gasteiger partial charge in [0, 0.05) is 6.20 Å². The number of amides is 1. The first kappa shape index (κ1) is 16.6. The molecule has 7 heteroatoms. The maximum absolute atomic E-state index is 11.6. The molecule has 0 heterocycles. The van der Waals surface area contributed by atoms with Gasteiger partial charge in [0.2, 0.25) is 0 Å². The Morgan fingerprint density at radius 3 is 2.52 bits per heavy atom. The van der Waals surface area contributed by atoms with Gasteiger partial charge in [-0.15, -0.1) is 10.2 Å². The number of rotatable bonds is 5. The molecule has 1 rings (SSSR count). The van der Waals surface area contributed by atoms with Crippen LogP contribution in [-0.4, -0.2) is 23.5 Å². The highest BCUT2D eigenvalue weighted by molar-refractivity contribution is 7.80. The number of hydrogen-bond donors (Lipinski definition) is 1. The number of nitrogens with two attached hydrogens (primary N) is 1. The number of hydrogen-bond acceptors (Lipinski definition) is 5. The van der Waals surface area contributed by atoms with Crippen molar-refractivity contribution in [3.8, 4) is 0 Å². The molecule has 0 bridgehead atoms. The summed E-state index contributed by atoms with van der Waals surface area (Å²) in [6, 6.07) is 9.09. The molecule has 0 radical (unpaired) electrons. The zero-order valence-corrected chi connectivity index (χ0v) is 12.3. The summed E-state index contributed by atoms with van der Waals surface area (Å²) in [6.45, 7) is 1.84. The molecule has 0 atom stereocenters. The fraction of sp³-hybridized carbons (Fsp3) is 0.214. The van der Waals surface area contributed by atoms with Gasteiger partial charge in [0.25, 0.3) is 5.91 Å². The topological polar surface area (TPSA) is 94.1 Å². The van der Waals surface area contributed by atoms with Crippen LogP contribution in [-0.2, 0) is 20.7 Å². The van der Waals surface area contributed by atoms with E-state index in [1.807, 2.05) is 18.2 Å². The molecule has 0 fully saturated rings. The number of benzene rings is 1. The van der Waals surface area contributed by atoms with Gasteiger partial charge in [-0.3, -0.25) is 4.79 Å². The fourth-order valence-corrected chi connectivity index (χ4v) is 1.59. The normalized spacial score (nSPS) is 11.4. The summed E-state index contributed by atoms with van der Waals surface area (Å²) in [5.74, 6) is -1.16. The fourth-order valence-electron chi connectivity index (χ4n) is 1.40. The maximum Gasteiger partial charge on any atom is 0.342 e. The van der Waals surface area contributed by atoms with Gasteiger partial charge in [-0.25, -0.2) is 4.79 Å². The lowest BCUT2D eigenvalue weighted by molar-refractivity contribution is -0.137. The summed E-state index contributed by atoms with van der Waals surface area (Å²) >= 11 is 4.89. The summed E-state index contributed by atoms with van der Waals surface area (Å²) < 4.78 is 4.76. The van der Waals surface area contributed by atoms with Crippen LogP contribution in [0.2, 0.25) is 0 Å². The number of carbonyl (C=O) groups excluding carboxylic acids is 2. The van der Waals surface area contributed by atoms with Gasteiger partial charge in [0.05, 0.1) is 13.0 Å². The molecule has 1 amide bonds. The van der Waals surface area contributed by atoms with Crippen molar-refractivity contribution >= 4 is 29.1 Å². The van der Waals surface area contributed by atoms with Gasteiger partial charge in [0.1, 0.15) is 5.57 Å². The van der Waals surface area contributed by atoms with E-state index in [-0.39, 0.29) is 23.6 Å². The molecule has 0 aliphatic carbocycles. The Hall–Kier alpha value is -2.41. The smallest absolute Gasteiger partial charge is 0.342 e. The Labute approximate surface area is 127 Å². The van der Waals surface area contributed by atoms with E-state index in [4.69, 9.17) is 22.7 Å². The maximum atomic E-state index is 11.6. The van der Waals surface area contributed by atoms with Crippen molar-refractivity contribution in [1.82, 2.24) is 0 Å². The molecule has 0 spiro atoms. The lowest BCUT2D eigenvalue weighted by Crippen LogP contribution is -2.15. The first-order valence-electron chi connectivity index (χ1n) is 6.20. The highest BCUT2D eigenvalue weighted by Gasteiger charge is 2.15. The van der Waals surface area contributed by atoms with Crippen LogP contribution in [0.3, 0.4) is 0 Å². The molecule has 2 N–H and O–H groups in total. The zero-order chi connectivity index (χ0) is 15.7. The molecule has 21 heavy (non-hydrogen) atoms. The Morgan fingerprint density at radius 1 is 1.29 bits per heavy atom. The standard InChI is InChI=1S/C14H15N3O3S/c1-2-20-14(19)11(9-15)13(21)17-16-12(18)8-10-6-4-3-5-7-10/h3-7,9H,2,8,15H2,1H3. The van der Waals surface area contributed by atoms with Crippen LogP contribution in [0.25, 0.3) is 0 Å². The number of nitrogens with zero attached hydrogens (tertiary/aromatic N) is 2. The first-order valence-corrected chi connectivity index (χ1v) is 6.61. The van der Waals surface area contributed by atoms with Gasteiger partial charge in [-0.2, -0.15) is 0 Å². The van der Waals surface area contributed by atoms with Crippen LogP contribution in [0.15, 0.2) is 52.3 Å². The Bertz CT molecular complexity index is 582. The third-order valence-corrected chi connectivity index (χ3v) is 2.64. The molecule has 0 saturated heterocycles. The minimum atomic E-state index is -0.695. The minimum Gasteiger partial charge on any atom is -0.462 e. The van der Waals surface area contributed by atoms with E-state index in [1.54, 1.807) is 19.1 Å². The zero-order valence-electron chi connectivity index (χ0n) is 11.5. The third-order valence-electron chi connectivity index (χ3n) is 2.34. The van der Waals surface area contributed by atoms with Crippen molar-refractivity contribution in [2.75, 3.05) is 6.61 Å². The molecule has 0 aliphatic heterocycles. The monoisotopic (exact) mass is 305 g/mol. The molecule has 110 valence electrons. The van der Waals surface area contributed by atoms with Crippen molar-refractivity contribution in [3.63, 3.8) is 0 Å². The van der Waals surface area contributed by atoms with Gasteiger partial charge >= 0.3 is 5.97 Å². The van der Waals surface area contributed by atoms with Crippen LogP contribution in [0.5, 0.6) is 0 Å². The van der Waals surface area contributed by atoms with E-state index in [2.05, 4.69) is 10.2 Å². The third kappa shape index (κ3) is 5.62. The molecule has 1 aromatic carbocycles. The first-order chi connectivity index (χ1) is 10.1. The van der Waals surface area contributed by atoms with Crippen molar-refractivity contribution in [2.45, 2.75) is 13.3 Å². The van der Waals surface area contributed by atoms with Crippen LogP contribution < -0.4 is 5.73 Å². The second kappa shape index (κ2) is 8.70. The second-order valence-corrected chi connectivity index (χ2v) is 4.25. The minimum absolute atomic E-state index is 0.0943. The summed E-state index contributed by atoms with van der Waals surface area (Å²) in [5, 5.41) is 7.02. The molecular weight excluding hydrogens is 290 g/mol. The van der Waals surface area contributed by atoms with Crippen molar-refractivity contribution in [3.05, 3.63) is 47.7 Å². The second-order valence-electron chi connectivity index (χ2n) is 3.86. The van der Waals surface area contributed by atoms with Gasteiger partial charge in [-0.1, -0.05) is 42.5 Å². The summed E-state index contributed by atoms with van der Waals surface area (Å²) in [7, 11) is 0. The summed E-state index contributed by atoms with van der Waals surface area (Å²) in [6.07, 6.45) is 1.09. The van der Waals surface area contributed by atoms with Crippen molar-refractivity contribution < 1.29 is 14.3 Å². The van der Waals surface area contributed by atoms with Gasteiger partial charge in [0.15, 0.2) is 4.99 Å². The van der Waals surface area contributed by atoms with Gasteiger partial charge in [-0.05, 0) is 12.5 Å². The lowest BCUT2D eigenvalue weighted by atomic mass is 10.1. The van der Waals surface area contributed by atoms with E-state index < -0.39 is 11.9 Å². The molecular formula is C14H15N3O3S. The Morgan fingerprint density at radius 2 is 1.95 bits per heavy atom. The molecule has 0 aromatic heterocycles. The van der Waals surface area contributed by atoms with E-state index in [1.165, 1.54) is 0 Å². The molecule has 0 saturated carbocycles. The number of azo groups is 1. The molecule has 0 aliphatic rings. The lowest BCUT2D eigenvalue weighted by Gasteiger charge is -2.02. The summed E-state index contributed by atoms with van der Waals surface area (Å²) in [4.78, 5) is 23.0. The van der Waals surface area contributed by atoms with Crippen LogP contribution in [0, 0.1) is 0 Å². The van der Waals surface area contributed by atoms with Gasteiger partial charge < -0.3 is 10.5 Å². The quantitative estimate of drug-likeness (QED) is 0.388. The largest absolute Gasteiger partial charge is 0.462 e. The highest BCUT2D eigenvalue weighted by atomic mass is 32.1. The van der Waals surface area contributed by atoms with E-state index >= 15 is 0 Å². The SMILES string of the molecule is CCOC(=O)C(=CN)C(=S)N=NC(=O)Cc1ccccc1. The molecule has 1 aromatic rings. The van der Waals surface area contributed by atoms with E-state index in [0.717, 1.165) is 11.8 Å². The van der Waals surface area contributed by atoms with E-state index in [9.17, 15) is 9.59 Å². The van der Waals surface area contributed by atoms with Crippen LogP contribution in [0.4, 0.5) is 0 Å². The predicted molar refractivity (Wildman–Crippen MR) is 81.5 cm³/mol. The number of ether oxygens (including phenoxy) is 1.